The molecule has 1 aromatic heterocycles. The maximum Gasteiger partial charge on any atom is 0.259 e. The summed E-state index contributed by atoms with van der Waals surface area (Å²) in [6, 6.07) is 7.04. The number of nitriles is 1. The minimum absolute atomic E-state index is 0.0881. The van der Waals surface area contributed by atoms with Gasteiger partial charge in [-0.1, -0.05) is 32.7 Å². The maximum absolute atomic E-state index is 14.2. The molecular formula is C27H25BrClF2N5O6. The van der Waals surface area contributed by atoms with Crippen LogP contribution in [0.3, 0.4) is 0 Å². The van der Waals surface area contributed by atoms with Gasteiger partial charge in [0.1, 0.15) is 30.0 Å². The van der Waals surface area contributed by atoms with Crippen molar-refractivity contribution in [3.8, 4) is 17.3 Å². The lowest BCUT2D eigenvalue weighted by Crippen LogP contribution is -2.64. The number of aromatic nitrogens is 3. The van der Waals surface area contributed by atoms with E-state index in [1.807, 2.05) is 6.07 Å². The third-order valence-electron chi connectivity index (χ3n) is 7.54. The Morgan fingerprint density at radius 2 is 2.05 bits per heavy atom. The largest absolute Gasteiger partial charge is 0.394 e. The molecule has 2 fully saturated rings. The Morgan fingerprint density at radius 1 is 1.29 bits per heavy atom. The van der Waals surface area contributed by atoms with E-state index in [0.29, 0.717) is 23.0 Å². The lowest BCUT2D eigenvalue weighted by atomic mass is 9.85. The fourth-order valence-corrected chi connectivity index (χ4v) is 5.97. The summed E-state index contributed by atoms with van der Waals surface area (Å²) in [4.78, 5) is 15.6. The predicted octanol–water partition coefficient (Wildman–Crippen LogP) is 2.74. The Balaban J connectivity index is 1.54. The van der Waals surface area contributed by atoms with Crippen LogP contribution < -0.4 is 4.90 Å². The van der Waals surface area contributed by atoms with Crippen molar-refractivity contribution in [2.45, 2.75) is 55.4 Å². The molecule has 1 amide bonds. The van der Waals surface area contributed by atoms with Crippen molar-refractivity contribution in [2.75, 3.05) is 18.6 Å². The number of benzene rings is 2. The third-order valence-corrected chi connectivity index (χ3v) is 8.27. The molecule has 1 aliphatic carbocycles. The van der Waals surface area contributed by atoms with Crippen LogP contribution in [0.5, 0.6) is 0 Å². The quantitative estimate of drug-likeness (QED) is 0.323. The molecule has 0 bridgehead atoms. The van der Waals surface area contributed by atoms with E-state index in [-0.39, 0.29) is 16.8 Å². The van der Waals surface area contributed by atoms with E-state index < -0.39 is 71.8 Å². The number of hydrogen-bond acceptors (Lipinski definition) is 9. The molecule has 2 heterocycles. The molecule has 1 saturated carbocycles. The zero-order valence-corrected chi connectivity index (χ0v) is 24.3. The molecular weight excluding hydrogens is 644 g/mol. The summed E-state index contributed by atoms with van der Waals surface area (Å²) in [5, 5.41) is 48.8. The topological polar surface area (TPSA) is 154 Å². The number of methoxy groups -OCH3 is 1. The van der Waals surface area contributed by atoms with Crippen LogP contribution in [0, 0.1) is 23.0 Å². The normalized spacial score (nSPS) is 27.3. The first-order chi connectivity index (χ1) is 20.1. The number of hydrogen-bond donors (Lipinski definition) is 3. The average Bonchev–Trinajstić information content (AvgIpc) is 3.46. The molecule has 0 radical (unpaired) electrons. The van der Waals surface area contributed by atoms with Gasteiger partial charge in [0.05, 0.1) is 41.6 Å². The summed E-state index contributed by atoms with van der Waals surface area (Å²) >= 11 is 9.15. The highest BCUT2D eigenvalue weighted by Crippen LogP contribution is 2.38. The number of aliphatic hydroxyl groups is 3. The van der Waals surface area contributed by atoms with Crippen molar-refractivity contribution in [2.24, 2.45) is 0 Å². The average molecular weight is 669 g/mol. The number of carbonyl (C=O) groups excluding carboxylic acids is 1. The molecule has 2 aliphatic rings. The number of aliphatic hydroxyl groups excluding tert-OH is 3. The SMILES string of the molecule is COC1C(C(=O)N(c2cc(Br)cc(C#N)c2)[C@@H]2CC[C@H]2O)OC(CO)C(O)C1n1cc(-c2cc(F)c(F)c(Cl)c2)nn1. The van der Waals surface area contributed by atoms with Gasteiger partial charge in [-0.3, -0.25) is 4.79 Å². The van der Waals surface area contributed by atoms with Crippen LogP contribution in [0.1, 0.15) is 24.4 Å². The number of amides is 1. The molecule has 3 N–H and O–H groups in total. The number of anilines is 1. The minimum atomic E-state index is -1.44. The molecule has 7 atom stereocenters. The fraction of sp³-hybridized carbons (Fsp3) is 0.407. The lowest BCUT2D eigenvalue weighted by Gasteiger charge is -2.47. The highest BCUT2D eigenvalue weighted by molar-refractivity contribution is 9.10. The van der Waals surface area contributed by atoms with Gasteiger partial charge in [-0.25, -0.2) is 13.5 Å². The summed E-state index contributed by atoms with van der Waals surface area (Å²) in [6.07, 6.45) is -3.86. The fourth-order valence-electron chi connectivity index (χ4n) is 5.28. The molecule has 0 spiro atoms. The van der Waals surface area contributed by atoms with E-state index >= 15 is 0 Å². The minimum Gasteiger partial charge on any atom is -0.394 e. The van der Waals surface area contributed by atoms with Crippen LogP contribution >= 0.6 is 27.5 Å². The summed E-state index contributed by atoms with van der Waals surface area (Å²) < 4.78 is 41.1. The molecule has 5 rings (SSSR count). The van der Waals surface area contributed by atoms with Crippen LogP contribution in [0.15, 0.2) is 41.0 Å². The Bertz CT molecular complexity index is 1520. The zero-order valence-electron chi connectivity index (χ0n) is 21.9. The van der Waals surface area contributed by atoms with Gasteiger partial charge in [0.2, 0.25) is 0 Å². The van der Waals surface area contributed by atoms with E-state index in [9.17, 15) is 34.2 Å². The van der Waals surface area contributed by atoms with Gasteiger partial charge in [0.25, 0.3) is 5.91 Å². The van der Waals surface area contributed by atoms with Crippen LogP contribution in [0.25, 0.3) is 11.3 Å². The van der Waals surface area contributed by atoms with E-state index in [4.69, 9.17) is 21.1 Å². The van der Waals surface area contributed by atoms with Crippen LogP contribution in [-0.4, -0.2) is 86.5 Å². The molecule has 15 heteroatoms. The molecule has 222 valence electrons. The van der Waals surface area contributed by atoms with Crippen LogP contribution in [-0.2, 0) is 14.3 Å². The molecule has 1 aliphatic heterocycles. The zero-order chi connectivity index (χ0) is 30.3. The molecule has 1 saturated heterocycles. The first kappa shape index (κ1) is 30.4. The number of nitrogens with zero attached hydrogens (tertiary/aromatic N) is 5. The van der Waals surface area contributed by atoms with Crippen molar-refractivity contribution in [1.29, 1.82) is 5.26 Å². The second kappa shape index (κ2) is 12.3. The number of halogens is 4. The van der Waals surface area contributed by atoms with Crippen LogP contribution in [0.2, 0.25) is 5.02 Å². The van der Waals surface area contributed by atoms with E-state index in [1.54, 1.807) is 12.1 Å². The van der Waals surface area contributed by atoms with Gasteiger partial charge in [-0.15, -0.1) is 5.10 Å². The highest BCUT2D eigenvalue weighted by atomic mass is 79.9. The Labute approximate surface area is 251 Å². The van der Waals surface area contributed by atoms with Gasteiger partial charge in [0.15, 0.2) is 17.7 Å². The Hall–Kier alpha value is -3.03. The van der Waals surface area contributed by atoms with Gasteiger partial charge < -0.3 is 29.7 Å². The highest BCUT2D eigenvalue weighted by Gasteiger charge is 2.52. The van der Waals surface area contributed by atoms with E-state index in [0.717, 1.165) is 6.07 Å². The van der Waals surface area contributed by atoms with Crippen molar-refractivity contribution < 1.29 is 38.4 Å². The van der Waals surface area contributed by atoms with Gasteiger partial charge in [0, 0.05) is 22.8 Å². The molecule has 42 heavy (non-hydrogen) atoms. The Kier molecular flexibility index (Phi) is 8.91. The molecule has 2 aromatic carbocycles. The standard InChI is InChI=1S/C27H25BrClF2N5O6/c1-41-25-23(35-10-18(33-34-35)13-6-16(29)22(31)17(30)7-13)24(39)21(11-37)42-26(25)27(40)36(19-2-3-20(19)38)15-5-12(9-32)4-14(28)8-15/h4-8,10,19-21,23-26,37-39H,2-3,11H2,1H3/t19-,20-,21?,23?,24?,25?,26?/m1/s1. The number of rotatable bonds is 7. The Morgan fingerprint density at radius 3 is 2.64 bits per heavy atom. The van der Waals surface area contributed by atoms with Crippen molar-refractivity contribution in [3.05, 3.63) is 63.2 Å². The summed E-state index contributed by atoms with van der Waals surface area (Å²) in [5.41, 5.74) is 0.799. The van der Waals surface area contributed by atoms with Crippen molar-refractivity contribution in [3.63, 3.8) is 0 Å². The van der Waals surface area contributed by atoms with Crippen molar-refractivity contribution >= 4 is 39.1 Å². The maximum atomic E-state index is 14.2. The molecule has 11 nitrogen and oxygen atoms in total. The first-order valence-corrected chi connectivity index (χ1v) is 14.0. The van der Waals surface area contributed by atoms with Gasteiger partial charge >= 0.3 is 0 Å². The second-order valence-corrected chi connectivity index (χ2v) is 11.3. The smallest absolute Gasteiger partial charge is 0.259 e. The van der Waals surface area contributed by atoms with Gasteiger partial charge in [-0.2, -0.15) is 5.26 Å². The van der Waals surface area contributed by atoms with E-state index in [1.165, 1.54) is 35.0 Å². The second-order valence-electron chi connectivity index (χ2n) is 10.0. The third kappa shape index (κ3) is 5.53. The molecule has 5 unspecified atom stereocenters. The monoisotopic (exact) mass is 667 g/mol. The summed E-state index contributed by atoms with van der Waals surface area (Å²) in [7, 11) is 1.30. The molecule has 3 aromatic rings. The predicted molar refractivity (Wildman–Crippen MR) is 147 cm³/mol. The van der Waals surface area contributed by atoms with Crippen molar-refractivity contribution in [1.82, 2.24) is 15.0 Å². The van der Waals surface area contributed by atoms with Crippen LogP contribution in [0.4, 0.5) is 14.5 Å². The summed E-state index contributed by atoms with van der Waals surface area (Å²) in [5.74, 6) is -3.05. The lowest BCUT2D eigenvalue weighted by molar-refractivity contribution is -0.211. The van der Waals surface area contributed by atoms with Gasteiger partial charge in [-0.05, 0) is 43.2 Å². The summed E-state index contributed by atoms with van der Waals surface area (Å²) in [6.45, 7) is -0.667. The first-order valence-electron chi connectivity index (χ1n) is 12.8. The number of ether oxygens (including phenoxy) is 2. The number of carbonyl (C=O) groups is 1. The van der Waals surface area contributed by atoms with E-state index in [2.05, 4.69) is 26.2 Å².